The van der Waals surface area contributed by atoms with Crippen molar-refractivity contribution in [3.8, 4) is 0 Å². The van der Waals surface area contributed by atoms with Crippen LogP contribution in [-0.2, 0) is 23.0 Å². The van der Waals surface area contributed by atoms with Crippen LogP contribution in [0.2, 0.25) is 0 Å². The van der Waals surface area contributed by atoms with Gasteiger partial charge >= 0.3 is 0 Å². The molecule has 0 aliphatic rings. The minimum absolute atomic E-state index is 0.0848. The molecule has 6 heteroatoms. The molecule has 1 aromatic heterocycles. The van der Waals surface area contributed by atoms with Gasteiger partial charge in [-0.25, -0.2) is 13.1 Å². The molecular formula is C23H28N2O3S. The van der Waals surface area contributed by atoms with Crippen LogP contribution in [0, 0.1) is 0 Å². The van der Waals surface area contributed by atoms with Crippen LogP contribution in [0.3, 0.4) is 0 Å². The molecule has 29 heavy (non-hydrogen) atoms. The summed E-state index contributed by atoms with van der Waals surface area (Å²) in [5, 5.41) is 3.65. The first-order valence-corrected chi connectivity index (χ1v) is 11.2. The monoisotopic (exact) mass is 412 g/mol. The van der Waals surface area contributed by atoms with Crippen LogP contribution in [0.15, 0.2) is 82.3 Å². The van der Waals surface area contributed by atoms with Crippen molar-refractivity contribution in [3.05, 3.63) is 89.9 Å². The molecule has 0 bridgehead atoms. The van der Waals surface area contributed by atoms with E-state index in [4.69, 9.17) is 4.42 Å². The minimum atomic E-state index is -3.59. The Morgan fingerprint density at radius 1 is 0.966 bits per heavy atom. The van der Waals surface area contributed by atoms with Crippen molar-refractivity contribution in [2.75, 3.05) is 0 Å². The Labute approximate surface area is 173 Å². The van der Waals surface area contributed by atoms with Gasteiger partial charge in [-0.15, -0.1) is 0 Å². The molecule has 2 aromatic carbocycles. The molecule has 0 radical (unpaired) electrons. The van der Waals surface area contributed by atoms with E-state index in [1.807, 2.05) is 30.3 Å². The molecular weight excluding hydrogens is 384 g/mol. The first kappa shape index (κ1) is 21.3. The molecule has 1 atom stereocenters. The van der Waals surface area contributed by atoms with Crippen LogP contribution >= 0.6 is 0 Å². The lowest BCUT2D eigenvalue weighted by atomic mass is 9.93. The lowest BCUT2D eigenvalue weighted by molar-refractivity contribution is 0.345. The molecule has 3 aromatic rings. The van der Waals surface area contributed by atoms with E-state index in [0.29, 0.717) is 5.76 Å². The molecule has 0 aliphatic carbocycles. The lowest BCUT2D eigenvalue weighted by Gasteiger charge is -2.31. The maximum Gasteiger partial charge on any atom is 0.240 e. The summed E-state index contributed by atoms with van der Waals surface area (Å²) in [5.74, 6) is 0.573. The van der Waals surface area contributed by atoms with Crippen molar-refractivity contribution in [1.29, 1.82) is 0 Å². The minimum Gasteiger partial charge on any atom is -0.468 e. The zero-order valence-corrected chi connectivity index (χ0v) is 17.9. The molecule has 0 amide bonds. The third-order valence-electron chi connectivity index (χ3n) is 4.80. The molecule has 154 valence electrons. The number of hydrogen-bond donors (Lipinski definition) is 2. The van der Waals surface area contributed by atoms with Gasteiger partial charge in [0.2, 0.25) is 10.0 Å². The molecule has 0 fully saturated rings. The molecule has 1 unspecified atom stereocenters. The van der Waals surface area contributed by atoms with Gasteiger partial charge in [0.15, 0.2) is 0 Å². The highest BCUT2D eigenvalue weighted by molar-refractivity contribution is 7.89. The van der Waals surface area contributed by atoms with E-state index >= 15 is 0 Å². The Bertz CT molecular complexity index is 996. The van der Waals surface area contributed by atoms with Crippen LogP contribution < -0.4 is 10.0 Å². The molecule has 0 aliphatic heterocycles. The van der Waals surface area contributed by atoms with E-state index < -0.39 is 10.0 Å². The summed E-state index contributed by atoms with van der Waals surface area (Å²) < 4.78 is 32.7. The zero-order chi connectivity index (χ0) is 20.9. The molecule has 2 N–H and O–H groups in total. The first-order valence-electron chi connectivity index (χ1n) is 9.69. The Morgan fingerprint density at radius 3 is 2.28 bits per heavy atom. The highest BCUT2D eigenvalue weighted by atomic mass is 32.2. The van der Waals surface area contributed by atoms with E-state index in [0.717, 1.165) is 12.0 Å². The third kappa shape index (κ3) is 6.03. The van der Waals surface area contributed by atoms with Crippen LogP contribution in [0.4, 0.5) is 0 Å². The van der Waals surface area contributed by atoms with Crippen molar-refractivity contribution >= 4 is 10.0 Å². The normalized spacial score (nSPS) is 13.3. The SMILES string of the molecule is CC(NC(C)(C)Cc1ccccc1)c1ccc(S(=O)(=O)NCc2ccco2)cc1. The van der Waals surface area contributed by atoms with Crippen molar-refractivity contribution in [2.24, 2.45) is 0 Å². The largest absolute Gasteiger partial charge is 0.468 e. The van der Waals surface area contributed by atoms with Crippen LogP contribution in [0.1, 0.15) is 43.7 Å². The standard InChI is InChI=1S/C23H28N2O3S/c1-18(25-23(2,3)16-19-8-5-4-6-9-19)20-11-13-22(14-12-20)29(26,27)24-17-21-10-7-15-28-21/h4-15,18,24-25H,16-17H2,1-3H3. The third-order valence-corrected chi connectivity index (χ3v) is 6.22. The average Bonchev–Trinajstić information content (AvgIpc) is 3.20. The fraction of sp³-hybridized carbons (Fsp3) is 0.304. The number of nitrogens with one attached hydrogen (secondary N) is 2. The van der Waals surface area contributed by atoms with Gasteiger partial charge in [-0.2, -0.15) is 0 Å². The average molecular weight is 413 g/mol. The van der Waals surface area contributed by atoms with Crippen LogP contribution in [0.5, 0.6) is 0 Å². The van der Waals surface area contributed by atoms with Crippen LogP contribution in [0.25, 0.3) is 0 Å². The summed E-state index contributed by atoms with van der Waals surface area (Å²) in [4.78, 5) is 0.239. The highest BCUT2D eigenvalue weighted by Crippen LogP contribution is 2.21. The van der Waals surface area contributed by atoms with E-state index in [-0.39, 0.29) is 23.0 Å². The van der Waals surface area contributed by atoms with E-state index in [1.54, 1.807) is 24.3 Å². The van der Waals surface area contributed by atoms with Crippen molar-refractivity contribution in [3.63, 3.8) is 0 Å². The lowest BCUT2D eigenvalue weighted by Crippen LogP contribution is -2.42. The molecule has 3 rings (SSSR count). The number of hydrogen-bond acceptors (Lipinski definition) is 4. The molecule has 0 saturated heterocycles. The van der Waals surface area contributed by atoms with E-state index in [9.17, 15) is 8.42 Å². The first-order chi connectivity index (χ1) is 13.8. The Kier molecular flexibility index (Phi) is 6.57. The summed E-state index contributed by atoms with van der Waals surface area (Å²) in [6.07, 6.45) is 2.42. The van der Waals surface area contributed by atoms with Gasteiger partial charge in [-0.3, -0.25) is 0 Å². The second-order valence-corrected chi connectivity index (χ2v) is 9.65. The van der Waals surface area contributed by atoms with E-state index in [1.165, 1.54) is 11.8 Å². The van der Waals surface area contributed by atoms with Gasteiger partial charge in [0.1, 0.15) is 5.76 Å². The van der Waals surface area contributed by atoms with Gasteiger partial charge in [-0.1, -0.05) is 42.5 Å². The van der Waals surface area contributed by atoms with Gasteiger partial charge in [0, 0.05) is 11.6 Å². The van der Waals surface area contributed by atoms with Crippen molar-refractivity contribution in [2.45, 2.75) is 50.2 Å². The zero-order valence-electron chi connectivity index (χ0n) is 17.1. The fourth-order valence-electron chi connectivity index (χ4n) is 3.42. The smallest absolute Gasteiger partial charge is 0.240 e. The van der Waals surface area contributed by atoms with Crippen molar-refractivity contribution in [1.82, 2.24) is 10.0 Å². The maximum atomic E-state index is 12.5. The quantitative estimate of drug-likeness (QED) is 0.545. The van der Waals surface area contributed by atoms with Crippen LogP contribution in [-0.4, -0.2) is 14.0 Å². The molecule has 1 heterocycles. The predicted molar refractivity (Wildman–Crippen MR) is 115 cm³/mol. The highest BCUT2D eigenvalue weighted by Gasteiger charge is 2.22. The summed E-state index contributed by atoms with van der Waals surface area (Å²) in [7, 11) is -3.59. The maximum absolute atomic E-state index is 12.5. The molecule has 5 nitrogen and oxygen atoms in total. The Hall–Kier alpha value is -2.41. The second kappa shape index (κ2) is 8.95. The Morgan fingerprint density at radius 2 is 1.66 bits per heavy atom. The summed E-state index contributed by atoms with van der Waals surface area (Å²) >= 11 is 0. The van der Waals surface area contributed by atoms with E-state index in [2.05, 4.69) is 42.9 Å². The topological polar surface area (TPSA) is 71.3 Å². The van der Waals surface area contributed by atoms with Gasteiger partial charge in [0.05, 0.1) is 17.7 Å². The number of benzene rings is 2. The second-order valence-electron chi connectivity index (χ2n) is 7.89. The number of furan rings is 1. The number of sulfonamides is 1. The van der Waals surface area contributed by atoms with Gasteiger partial charge in [-0.05, 0) is 62.6 Å². The molecule has 0 spiro atoms. The summed E-state index contributed by atoms with van der Waals surface area (Å²) in [6.45, 7) is 6.57. The Balaban J connectivity index is 1.62. The fourth-order valence-corrected chi connectivity index (χ4v) is 4.42. The number of rotatable bonds is 9. The summed E-state index contributed by atoms with van der Waals surface area (Å²) in [5.41, 5.74) is 2.22. The predicted octanol–water partition coefficient (Wildman–Crippen LogP) is 4.43. The van der Waals surface area contributed by atoms with Gasteiger partial charge < -0.3 is 9.73 Å². The summed E-state index contributed by atoms with van der Waals surface area (Å²) in [6, 6.07) is 20.9. The van der Waals surface area contributed by atoms with Crippen molar-refractivity contribution < 1.29 is 12.8 Å². The molecule has 0 saturated carbocycles. The van der Waals surface area contributed by atoms with Gasteiger partial charge in [0.25, 0.3) is 0 Å².